The minimum absolute atomic E-state index is 0. The van der Waals surface area contributed by atoms with Crippen molar-refractivity contribution in [2.24, 2.45) is 12.0 Å². The molecule has 1 aromatic rings. The molecule has 1 fully saturated rings. The van der Waals surface area contributed by atoms with E-state index >= 15 is 0 Å². The van der Waals surface area contributed by atoms with Crippen molar-refractivity contribution in [2.75, 3.05) is 26.7 Å². The Morgan fingerprint density at radius 1 is 1.42 bits per heavy atom. The van der Waals surface area contributed by atoms with Gasteiger partial charge in [-0.15, -0.1) is 24.0 Å². The number of nitrogens with one attached hydrogen (secondary N) is 1. The highest BCUT2D eigenvalue weighted by Gasteiger charge is 2.30. The molecule has 1 aromatic heterocycles. The summed E-state index contributed by atoms with van der Waals surface area (Å²) >= 11 is 0. The van der Waals surface area contributed by atoms with Crippen LogP contribution in [0.15, 0.2) is 23.3 Å². The van der Waals surface area contributed by atoms with Gasteiger partial charge in [0.15, 0.2) is 5.96 Å². The first-order valence-corrected chi connectivity index (χ1v) is 8.88. The molecule has 1 saturated carbocycles. The summed E-state index contributed by atoms with van der Waals surface area (Å²) in [4.78, 5) is 9.63. The maximum absolute atomic E-state index is 4.84. The third-order valence-corrected chi connectivity index (χ3v) is 4.45. The molecule has 0 amide bonds. The van der Waals surface area contributed by atoms with E-state index in [4.69, 9.17) is 4.99 Å². The summed E-state index contributed by atoms with van der Waals surface area (Å²) < 4.78 is 2.16. The fourth-order valence-electron chi connectivity index (χ4n) is 2.99. The molecule has 0 atom stereocenters. The van der Waals surface area contributed by atoms with Gasteiger partial charge < -0.3 is 14.8 Å². The molecule has 0 aliphatic heterocycles. The number of aryl methyl sites for hydroxylation is 1. The van der Waals surface area contributed by atoms with Gasteiger partial charge in [-0.05, 0) is 45.7 Å². The zero-order valence-corrected chi connectivity index (χ0v) is 18.2. The van der Waals surface area contributed by atoms with Crippen LogP contribution in [0.2, 0.25) is 0 Å². The van der Waals surface area contributed by atoms with Crippen LogP contribution in [0.25, 0.3) is 0 Å². The molecule has 0 saturated heterocycles. The fourth-order valence-corrected chi connectivity index (χ4v) is 2.99. The van der Waals surface area contributed by atoms with E-state index in [0.717, 1.165) is 38.2 Å². The van der Waals surface area contributed by atoms with Crippen LogP contribution in [-0.2, 0) is 13.6 Å². The van der Waals surface area contributed by atoms with E-state index in [9.17, 15) is 0 Å². The van der Waals surface area contributed by atoms with Gasteiger partial charge in [0.2, 0.25) is 0 Å². The number of halogens is 1. The van der Waals surface area contributed by atoms with Crippen LogP contribution in [0.4, 0.5) is 0 Å². The molecule has 1 heterocycles. The Morgan fingerprint density at radius 3 is 2.62 bits per heavy atom. The second-order valence-corrected chi connectivity index (χ2v) is 6.76. The van der Waals surface area contributed by atoms with Gasteiger partial charge in [0.1, 0.15) is 0 Å². The topological polar surface area (TPSA) is 35.8 Å². The Bertz CT molecular complexity index is 505. The highest BCUT2D eigenvalue weighted by atomic mass is 127. The molecular weight excluding hydrogens is 413 g/mol. The van der Waals surface area contributed by atoms with E-state index in [2.05, 4.69) is 72.9 Å². The Balaban J connectivity index is 0.00000288. The molecule has 0 unspecified atom stereocenters. The Hall–Kier alpha value is -0.760. The van der Waals surface area contributed by atoms with Crippen LogP contribution < -0.4 is 5.32 Å². The minimum atomic E-state index is 0. The predicted octanol–water partition coefficient (Wildman–Crippen LogP) is 2.91. The molecule has 138 valence electrons. The summed E-state index contributed by atoms with van der Waals surface area (Å²) in [6, 6.07) is 5.66. The normalized spacial score (nSPS) is 14.9. The number of nitrogens with zero attached hydrogens (tertiary/aromatic N) is 4. The van der Waals surface area contributed by atoms with Gasteiger partial charge in [0.25, 0.3) is 0 Å². The molecule has 0 radical (unpaired) electrons. The third kappa shape index (κ3) is 6.27. The fraction of sp³-hybridized carbons (Fsp3) is 0.722. The summed E-state index contributed by atoms with van der Waals surface area (Å²) in [5, 5.41) is 3.41. The van der Waals surface area contributed by atoms with E-state index in [1.165, 1.54) is 18.5 Å². The van der Waals surface area contributed by atoms with Crippen molar-refractivity contribution in [3.05, 3.63) is 24.0 Å². The second-order valence-electron chi connectivity index (χ2n) is 6.76. The first-order valence-electron chi connectivity index (χ1n) is 8.88. The van der Waals surface area contributed by atoms with Crippen LogP contribution in [0.5, 0.6) is 0 Å². The Morgan fingerprint density at radius 2 is 2.12 bits per heavy atom. The molecule has 6 heteroatoms. The van der Waals surface area contributed by atoms with Gasteiger partial charge >= 0.3 is 0 Å². The lowest BCUT2D eigenvalue weighted by molar-refractivity contribution is 0.217. The zero-order valence-electron chi connectivity index (χ0n) is 15.8. The van der Waals surface area contributed by atoms with E-state index in [1.807, 2.05) is 0 Å². The average Bonchev–Trinajstić information content (AvgIpc) is 3.26. The summed E-state index contributed by atoms with van der Waals surface area (Å²) in [5.41, 5.74) is 1.29. The largest absolute Gasteiger partial charge is 0.357 e. The quantitative estimate of drug-likeness (QED) is 0.378. The van der Waals surface area contributed by atoms with Gasteiger partial charge in [0, 0.05) is 51.2 Å². The molecule has 2 rings (SSSR count). The smallest absolute Gasteiger partial charge is 0.194 e. The average molecular weight is 447 g/mol. The van der Waals surface area contributed by atoms with Crippen molar-refractivity contribution in [1.82, 2.24) is 19.7 Å². The van der Waals surface area contributed by atoms with Gasteiger partial charge in [-0.3, -0.25) is 9.89 Å². The van der Waals surface area contributed by atoms with E-state index < -0.39 is 0 Å². The molecule has 5 nitrogen and oxygen atoms in total. The van der Waals surface area contributed by atoms with Crippen LogP contribution in [0.3, 0.4) is 0 Å². The van der Waals surface area contributed by atoms with Crippen molar-refractivity contribution in [2.45, 2.75) is 52.2 Å². The summed E-state index contributed by atoms with van der Waals surface area (Å²) in [5.74, 6) is 0.994. The van der Waals surface area contributed by atoms with Gasteiger partial charge in [0.05, 0.1) is 13.1 Å². The summed E-state index contributed by atoms with van der Waals surface area (Å²) in [6.45, 7) is 10.4. The van der Waals surface area contributed by atoms with Gasteiger partial charge in [-0.25, -0.2) is 0 Å². The third-order valence-electron chi connectivity index (χ3n) is 4.45. The standard InChI is InChI=1S/C18H33N5.HI/c1-6-19-18(22(5)14-17-8-7-12-21(17)4)20-11-13-23(15(2)3)16-9-10-16;/h7-8,12,15-16H,6,9-11,13-14H2,1-5H3,(H,19,20);1H. The number of guanidine groups is 1. The first kappa shape index (κ1) is 21.3. The monoisotopic (exact) mass is 447 g/mol. The molecule has 0 bridgehead atoms. The molecule has 0 aromatic carbocycles. The van der Waals surface area contributed by atoms with Gasteiger partial charge in [-0.2, -0.15) is 0 Å². The van der Waals surface area contributed by atoms with Crippen LogP contribution in [-0.4, -0.2) is 59.1 Å². The van der Waals surface area contributed by atoms with Gasteiger partial charge in [-0.1, -0.05) is 0 Å². The van der Waals surface area contributed by atoms with Crippen LogP contribution in [0, 0.1) is 0 Å². The summed E-state index contributed by atoms with van der Waals surface area (Å²) in [7, 11) is 4.19. The highest BCUT2D eigenvalue weighted by molar-refractivity contribution is 14.0. The lowest BCUT2D eigenvalue weighted by Gasteiger charge is -2.26. The molecule has 1 N–H and O–H groups in total. The molecular formula is C18H34IN5. The van der Waals surface area contributed by atoms with Crippen molar-refractivity contribution in [1.29, 1.82) is 0 Å². The van der Waals surface area contributed by atoms with Crippen molar-refractivity contribution < 1.29 is 0 Å². The lowest BCUT2D eigenvalue weighted by Crippen LogP contribution is -2.40. The Kier molecular flexibility index (Phi) is 9.12. The number of hydrogen-bond acceptors (Lipinski definition) is 2. The van der Waals surface area contributed by atoms with Crippen molar-refractivity contribution >= 4 is 29.9 Å². The molecule has 0 spiro atoms. The number of aromatic nitrogens is 1. The number of aliphatic imine (C=N–C) groups is 1. The maximum Gasteiger partial charge on any atom is 0.194 e. The number of hydrogen-bond donors (Lipinski definition) is 1. The molecule has 24 heavy (non-hydrogen) atoms. The maximum atomic E-state index is 4.84. The number of rotatable bonds is 8. The van der Waals surface area contributed by atoms with E-state index in [0.29, 0.717) is 6.04 Å². The summed E-state index contributed by atoms with van der Waals surface area (Å²) in [6.07, 6.45) is 4.80. The predicted molar refractivity (Wildman–Crippen MR) is 113 cm³/mol. The van der Waals surface area contributed by atoms with E-state index in [-0.39, 0.29) is 24.0 Å². The second kappa shape index (κ2) is 10.3. The lowest BCUT2D eigenvalue weighted by atomic mass is 10.3. The molecule has 1 aliphatic carbocycles. The van der Waals surface area contributed by atoms with Crippen LogP contribution >= 0.6 is 24.0 Å². The zero-order chi connectivity index (χ0) is 16.8. The Labute approximate surface area is 164 Å². The first-order chi connectivity index (χ1) is 11.0. The highest BCUT2D eigenvalue weighted by Crippen LogP contribution is 2.28. The SMILES string of the molecule is CCNC(=NCCN(C(C)C)C1CC1)N(C)Cc1cccn1C.I. The molecule has 1 aliphatic rings. The van der Waals surface area contributed by atoms with Crippen molar-refractivity contribution in [3.8, 4) is 0 Å². The van der Waals surface area contributed by atoms with Crippen molar-refractivity contribution in [3.63, 3.8) is 0 Å². The van der Waals surface area contributed by atoms with Crippen LogP contribution in [0.1, 0.15) is 39.3 Å². The van der Waals surface area contributed by atoms with E-state index in [1.54, 1.807) is 0 Å². The minimum Gasteiger partial charge on any atom is -0.357 e.